The lowest BCUT2D eigenvalue weighted by Gasteiger charge is -2.16. The van der Waals surface area contributed by atoms with E-state index in [-0.39, 0.29) is 11.9 Å². The number of fused-ring (bicyclic) bond motifs is 1. The summed E-state index contributed by atoms with van der Waals surface area (Å²) in [5, 5.41) is 7.36. The predicted molar refractivity (Wildman–Crippen MR) is 71.4 cm³/mol. The predicted octanol–water partition coefficient (Wildman–Crippen LogP) is 3.04. The molecule has 0 saturated carbocycles. The third kappa shape index (κ3) is 2.14. The Morgan fingerprint density at radius 3 is 2.89 bits per heavy atom. The van der Waals surface area contributed by atoms with Gasteiger partial charge in [-0.2, -0.15) is 5.10 Å². The second-order valence-electron chi connectivity index (χ2n) is 4.32. The smallest absolute Gasteiger partial charge is 0.152 e. The van der Waals surface area contributed by atoms with Crippen molar-refractivity contribution in [1.82, 2.24) is 14.6 Å². The molecule has 0 spiro atoms. The van der Waals surface area contributed by atoms with E-state index in [1.165, 1.54) is 6.07 Å². The van der Waals surface area contributed by atoms with Crippen LogP contribution in [0.25, 0.3) is 5.52 Å². The standard InChI is InChI=1S/C14H13FN4/c1-10(11-4-2-3-5-12(11)15)18-14-13-6-7-17-19(13)9-8-16-14/h2-10H,1H3,(H,16,18). The molecule has 3 rings (SSSR count). The average molecular weight is 256 g/mol. The quantitative estimate of drug-likeness (QED) is 0.783. The minimum absolute atomic E-state index is 0.171. The van der Waals surface area contributed by atoms with E-state index in [9.17, 15) is 4.39 Å². The van der Waals surface area contributed by atoms with Gasteiger partial charge < -0.3 is 5.32 Å². The molecule has 0 radical (unpaired) electrons. The van der Waals surface area contributed by atoms with Gasteiger partial charge in [-0.05, 0) is 19.1 Å². The van der Waals surface area contributed by atoms with Crippen LogP contribution in [-0.2, 0) is 0 Å². The van der Waals surface area contributed by atoms with Gasteiger partial charge in [0.15, 0.2) is 5.82 Å². The lowest BCUT2D eigenvalue weighted by atomic mass is 10.1. The number of hydrogen-bond donors (Lipinski definition) is 1. The van der Waals surface area contributed by atoms with Crippen LogP contribution in [0.15, 0.2) is 48.9 Å². The van der Waals surface area contributed by atoms with Gasteiger partial charge in [-0.1, -0.05) is 18.2 Å². The Morgan fingerprint density at radius 2 is 2.05 bits per heavy atom. The van der Waals surface area contributed by atoms with Crippen molar-refractivity contribution in [3.8, 4) is 0 Å². The highest BCUT2D eigenvalue weighted by molar-refractivity contribution is 5.67. The number of anilines is 1. The molecule has 0 aliphatic rings. The van der Waals surface area contributed by atoms with E-state index in [0.717, 1.165) is 5.52 Å². The fourth-order valence-electron chi connectivity index (χ4n) is 2.08. The van der Waals surface area contributed by atoms with Crippen molar-refractivity contribution < 1.29 is 4.39 Å². The van der Waals surface area contributed by atoms with Gasteiger partial charge in [-0.25, -0.2) is 13.9 Å². The van der Waals surface area contributed by atoms with E-state index in [0.29, 0.717) is 11.4 Å². The summed E-state index contributed by atoms with van der Waals surface area (Å²) in [6.07, 6.45) is 5.14. The SMILES string of the molecule is CC(Nc1nccn2nccc12)c1ccccc1F. The van der Waals surface area contributed by atoms with Crippen molar-refractivity contribution in [2.45, 2.75) is 13.0 Å². The molecule has 0 amide bonds. The number of benzene rings is 1. The third-order valence-corrected chi connectivity index (χ3v) is 3.05. The Balaban J connectivity index is 1.93. The van der Waals surface area contributed by atoms with Crippen LogP contribution in [0.5, 0.6) is 0 Å². The third-order valence-electron chi connectivity index (χ3n) is 3.05. The van der Waals surface area contributed by atoms with E-state index < -0.39 is 0 Å². The van der Waals surface area contributed by atoms with Crippen molar-refractivity contribution in [2.24, 2.45) is 0 Å². The number of rotatable bonds is 3. The molecule has 2 heterocycles. The molecule has 0 bridgehead atoms. The van der Waals surface area contributed by atoms with Gasteiger partial charge in [0.05, 0.1) is 12.2 Å². The summed E-state index contributed by atoms with van der Waals surface area (Å²) >= 11 is 0. The van der Waals surface area contributed by atoms with Crippen LogP contribution in [0.1, 0.15) is 18.5 Å². The highest BCUT2D eigenvalue weighted by atomic mass is 19.1. The van der Waals surface area contributed by atoms with Crippen molar-refractivity contribution in [3.05, 3.63) is 60.3 Å². The topological polar surface area (TPSA) is 42.2 Å². The van der Waals surface area contributed by atoms with Gasteiger partial charge in [0.25, 0.3) is 0 Å². The molecular weight excluding hydrogens is 243 g/mol. The number of aromatic nitrogens is 3. The van der Waals surface area contributed by atoms with E-state index in [4.69, 9.17) is 0 Å². The minimum atomic E-state index is -0.219. The van der Waals surface area contributed by atoms with Crippen LogP contribution in [0, 0.1) is 5.82 Å². The Morgan fingerprint density at radius 1 is 1.21 bits per heavy atom. The first kappa shape index (κ1) is 11.6. The number of nitrogens with zero attached hydrogens (tertiary/aromatic N) is 3. The first-order valence-corrected chi connectivity index (χ1v) is 6.05. The molecule has 3 aromatic rings. The maximum Gasteiger partial charge on any atom is 0.152 e. The largest absolute Gasteiger partial charge is 0.362 e. The van der Waals surface area contributed by atoms with E-state index in [1.54, 1.807) is 35.2 Å². The summed E-state index contributed by atoms with van der Waals surface area (Å²) in [6.45, 7) is 1.90. The lowest BCUT2D eigenvalue weighted by molar-refractivity contribution is 0.600. The molecule has 0 saturated heterocycles. The first-order chi connectivity index (χ1) is 9.25. The van der Waals surface area contributed by atoms with Crippen molar-refractivity contribution in [3.63, 3.8) is 0 Å². The molecule has 4 nitrogen and oxygen atoms in total. The van der Waals surface area contributed by atoms with Crippen LogP contribution in [0.2, 0.25) is 0 Å². The molecule has 19 heavy (non-hydrogen) atoms. The fraction of sp³-hybridized carbons (Fsp3) is 0.143. The zero-order chi connectivity index (χ0) is 13.2. The zero-order valence-corrected chi connectivity index (χ0v) is 10.4. The molecule has 1 unspecified atom stereocenters. The van der Waals surface area contributed by atoms with Crippen molar-refractivity contribution >= 4 is 11.3 Å². The summed E-state index contributed by atoms with van der Waals surface area (Å²) in [7, 11) is 0. The summed E-state index contributed by atoms with van der Waals surface area (Å²) in [6, 6.07) is 8.42. The van der Waals surface area contributed by atoms with Crippen LogP contribution >= 0.6 is 0 Å². The Hall–Kier alpha value is -2.43. The molecule has 5 heteroatoms. The average Bonchev–Trinajstić information content (AvgIpc) is 2.88. The Bertz CT molecular complexity index is 707. The number of halogens is 1. The molecule has 1 atom stereocenters. The summed E-state index contributed by atoms with van der Waals surface area (Å²) in [5.41, 5.74) is 1.48. The van der Waals surface area contributed by atoms with E-state index >= 15 is 0 Å². The van der Waals surface area contributed by atoms with Crippen LogP contribution in [0.3, 0.4) is 0 Å². The molecule has 0 aliphatic heterocycles. The molecule has 0 aliphatic carbocycles. The first-order valence-electron chi connectivity index (χ1n) is 6.05. The van der Waals surface area contributed by atoms with E-state index in [1.807, 2.05) is 19.1 Å². The maximum atomic E-state index is 13.7. The monoisotopic (exact) mass is 256 g/mol. The molecule has 96 valence electrons. The van der Waals surface area contributed by atoms with Gasteiger partial charge in [0.1, 0.15) is 11.3 Å². The highest BCUT2D eigenvalue weighted by Gasteiger charge is 2.12. The lowest BCUT2D eigenvalue weighted by Crippen LogP contribution is -2.10. The summed E-state index contributed by atoms with van der Waals surface area (Å²) in [4.78, 5) is 4.28. The van der Waals surface area contributed by atoms with Crippen LogP contribution in [0.4, 0.5) is 10.2 Å². The normalized spacial score (nSPS) is 12.5. The summed E-state index contributed by atoms with van der Waals surface area (Å²) < 4.78 is 15.4. The molecule has 1 N–H and O–H groups in total. The van der Waals surface area contributed by atoms with Gasteiger partial charge in [0, 0.05) is 18.0 Å². The van der Waals surface area contributed by atoms with E-state index in [2.05, 4.69) is 15.4 Å². The highest BCUT2D eigenvalue weighted by Crippen LogP contribution is 2.22. The minimum Gasteiger partial charge on any atom is -0.362 e. The van der Waals surface area contributed by atoms with Crippen LogP contribution in [-0.4, -0.2) is 14.6 Å². The van der Waals surface area contributed by atoms with Gasteiger partial charge in [0.2, 0.25) is 0 Å². The fourth-order valence-corrected chi connectivity index (χ4v) is 2.08. The second-order valence-corrected chi connectivity index (χ2v) is 4.32. The molecule has 1 aromatic carbocycles. The Labute approximate surface area is 109 Å². The zero-order valence-electron chi connectivity index (χ0n) is 10.4. The summed E-state index contributed by atoms with van der Waals surface area (Å²) in [5.74, 6) is 0.471. The number of hydrogen-bond acceptors (Lipinski definition) is 3. The van der Waals surface area contributed by atoms with Crippen LogP contribution < -0.4 is 5.32 Å². The Kier molecular flexibility index (Phi) is 2.87. The van der Waals surface area contributed by atoms with Crippen molar-refractivity contribution in [2.75, 3.05) is 5.32 Å². The maximum absolute atomic E-state index is 13.7. The van der Waals surface area contributed by atoms with Gasteiger partial charge in [-0.15, -0.1) is 0 Å². The molecule has 2 aromatic heterocycles. The molecular formula is C14H13FN4. The second kappa shape index (κ2) is 4.68. The van der Waals surface area contributed by atoms with Crippen molar-refractivity contribution in [1.29, 1.82) is 0 Å². The number of nitrogens with one attached hydrogen (secondary N) is 1. The van der Waals surface area contributed by atoms with Gasteiger partial charge in [-0.3, -0.25) is 0 Å². The van der Waals surface area contributed by atoms with Gasteiger partial charge >= 0.3 is 0 Å². The molecule has 0 fully saturated rings.